The number of fused-ring (bicyclic) bond motifs is 1. The zero-order valence-electron chi connectivity index (χ0n) is 15.9. The smallest absolute Gasteiger partial charge is 0.258 e. The Bertz CT molecular complexity index is 820. The van der Waals surface area contributed by atoms with Gasteiger partial charge in [0.15, 0.2) is 6.61 Å². The van der Waals surface area contributed by atoms with Gasteiger partial charge in [-0.15, -0.1) is 0 Å². The number of rotatable bonds is 9. The summed E-state index contributed by atoms with van der Waals surface area (Å²) in [7, 11) is 0. The van der Waals surface area contributed by atoms with Crippen molar-refractivity contribution >= 4 is 29.1 Å². The van der Waals surface area contributed by atoms with Gasteiger partial charge in [-0.25, -0.2) is 4.98 Å². The highest BCUT2D eigenvalue weighted by Crippen LogP contribution is 2.45. The first-order valence-electron chi connectivity index (χ1n) is 9.73. The number of amides is 1. The third-order valence-corrected chi connectivity index (χ3v) is 5.83. The summed E-state index contributed by atoms with van der Waals surface area (Å²) in [6, 6.07) is 10.8. The average Bonchev–Trinajstić information content (AvgIpc) is 3.15. The van der Waals surface area contributed by atoms with Crippen LogP contribution in [0.1, 0.15) is 6.42 Å². The molecule has 154 valence electrons. The van der Waals surface area contributed by atoms with Crippen molar-refractivity contribution in [2.45, 2.75) is 12.5 Å². The predicted molar refractivity (Wildman–Crippen MR) is 112 cm³/mol. The van der Waals surface area contributed by atoms with Crippen LogP contribution in [-0.4, -0.2) is 54.7 Å². The van der Waals surface area contributed by atoms with Crippen LogP contribution in [0.5, 0.6) is 11.6 Å². The summed E-state index contributed by atoms with van der Waals surface area (Å²) in [5, 5.41) is 4.34. The first-order chi connectivity index (χ1) is 14.1. The largest absolute Gasteiger partial charge is 0.484 e. The van der Waals surface area contributed by atoms with Gasteiger partial charge < -0.3 is 19.7 Å². The minimum absolute atomic E-state index is 0.0252. The number of nitrogens with zero attached hydrogens (tertiary/aromatic N) is 2. The number of nitrogens with one attached hydrogen (secondary N) is 1. The number of likely N-dealkylation sites (tertiary alicyclic amines) is 1. The minimum atomic E-state index is -0.0743. The van der Waals surface area contributed by atoms with Crippen molar-refractivity contribution in [1.29, 1.82) is 0 Å². The molecule has 2 heterocycles. The Labute approximate surface area is 180 Å². The van der Waals surface area contributed by atoms with Crippen molar-refractivity contribution in [3.8, 4) is 11.6 Å². The molecule has 2 fully saturated rings. The highest BCUT2D eigenvalue weighted by molar-refractivity contribution is 6.30. The number of halogens is 2. The summed E-state index contributed by atoms with van der Waals surface area (Å²) in [5.41, 5.74) is 0. The molecule has 4 rings (SSSR count). The minimum Gasteiger partial charge on any atom is -0.484 e. The van der Waals surface area contributed by atoms with E-state index in [0.717, 1.165) is 26.1 Å². The molecule has 1 aliphatic heterocycles. The molecule has 0 spiro atoms. The van der Waals surface area contributed by atoms with Crippen molar-refractivity contribution in [3.05, 3.63) is 52.6 Å². The molecule has 6 nitrogen and oxygen atoms in total. The van der Waals surface area contributed by atoms with Gasteiger partial charge in [-0.2, -0.15) is 0 Å². The molecule has 2 aliphatic rings. The Kier molecular flexibility index (Phi) is 6.43. The summed E-state index contributed by atoms with van der Waals surface area (Å²) in [4.78, 5) is 18.7. The second-order valence-corrected chi connectivity index (χ2v) is 8.31. The van der Waals surface area contributed by atoms with E-state index in [1.54, 1.807) is 42.6 Å². The van der Waals surface area contributed by atoms with Crippen LogP contribution in [0.25, 0.3) is 0 Å². The summed E-state index contributed by atoms with van der Waals surface area (Å²) in [6.45, 7) is 3.68. The first kappa shape index (κ1) is 20.3. The number of piperidine rings is 1. The number of ether oxygens (including phenoxy) is 2. The molecular weight excluding hydrogens is 413 g/mol. The Morgan fingerprint density at radius 3 is 2.48 bits per heavy atom. The fourth-order valence-corrected chi connectivity index (χ4v) is 4.07. The molecule has 1 amide bonds. The maximum atomic E-state index is 12.1. The zero-order valence-corrected chi connectivity index (χ0v) is 17.4. The Morgan fingerprint density at radius 2 is 1.79 bits per heavy atom. The van der Waals surface area contributed by atoms with Crippen molar-refractivity contribution in [3.63, 3.8) is 0 Å². The van der Waals surface area contributed by atoms with Gasteiger partial charge in [0.2, 0.25) is 5.88 Å². The lowest BCUT2D eigenvalue weighted by atomic mass is 10.3. The summed E-state index contributed by atoms with van der Waals surface area (Å²) < 4.78 is 11.1. The number of carbonyl (C=O) groups is 1. The number of carbonyl (C=O) groups excluding carboxylic acids is 1. The van der Waals surface area contributed by atoms with E-state index in [1.807, 2.05) is 0 Å². The van der Waals surface area contributed by atoms with Gasteiger partial charge in [-0.1, -0.05) is 23.2 Å². The van der Waals surface area contributed by atoms with E-state index >= 15 is 0 Å². The fraction of sp³-hybridized carbons (Fsp3) is 0.429. The standard InChI is InChI=1S/C21H23Cl2N3O3/c22-14-2-5-16(6-3-14)29-13-19(27)25-21-17-11-26(12-18(17)21)8-1-9-28-20-7-4-15(23)10-24-20/h2-7,10,17-18,21H,1,8-9,11-13H2,(H,25,27)/t17-,18+,21?. The van der Waals surface area contributed by atoms with Crippen molar-refractivity contribution in [2.24, 2.45) is 11.8 Å². The van der Waals surface area contributed by atoms with Crippen LogP contribution >= 0.6 is 23.2 Å². The highest BCUT2D eigenvalue weighted by atomic mass is 35.5. The molecular formula is C21H23Cl2N3O3. The Balaban J connectivity index is 1.08. The van der Waals surface area contributed by atoms with Gasteiger partial charge in [0.25, 0.3) is 5.91 Å². The number of pyridine rings is 1. The number of hydrogen-bond donors (Lipinski definition) is 1. The van der Waals surface area contributed by atoms with Gasteiger partial charge in [0, 0.05) is 43.0 Å². The molecule has 2 aromatic rings. The molecule has 1 aliphatic carbocycles. The van der Waals surface area contributed by atoms with E-state index in [2.05, 4.69) is 15.2 Å². The summed E-state index contributed by atoms with van der Waals surface area (Å²) >= 11 is 11.6. The third kappa shape index (κ3) is 5.53. The molecule has 0 radical (unpaired) electrons. The normalized spacial score (nSPS) is 22.8. The molecule has 1 N–H and O–H groups in total. The molecule has 1 saturated carbocycles. The maximum absolute atomic E-state index is 12.1. The molecule has 1 saturated heterocycles. The lowest BCUT2D eigenvalue weighted by molar-refractivity contribution is -0.123. The predicted octanol–water partition coefficient (Wildman–Crippen LogP) is 3.28. The van der Waals surface area contributed by atoms with Gasteiger partial charge in [0.1, 0.15) is 5.75 Å². The van der Waals surface area contributed by atoms with E-state index in [0.29, 0.717) is 40.1 Å². The van der Waals surface area contributed by atoms with Crippen LogP contribution in [-0.2, 0) is 4.79 Å². The topological polar surface area (TPSA) is 63.7 Å². The van der Waals surface area contributed by atoms with Crippen LogP contribution in [0.2, 0.25) is 10.0 Å². The Morgan fingerprint density at radius 1 is 1.07 bits per heavy atom. The number of benzene rings is 1. The molecule has 0 bridgehead atoms. The van der Waals surface area contributed by atoms with Gasteiger partial charge in [-0.05, 0) is 48.6 Å². The second kappa shape index (κ2) is 9.20. The number of aromatic nitrogens is 1. The van der Waals surface area contributed by atoms with Crippen LogP contribution in [0, 0.1) is 11.8 Å². The molecule has 29 heavy (non-hydrogen) atoms. The van der Waals surface area contributed by atoms with E-state index in [-0.39, 0.29) is 18.6 Å². The monoisotopic (exact) mass is 435 g/mol. The molecule has 8 heteroatoms. The SMILES string of the molecule is O=C(COc1ccc(Cl)cc1)NC1[C@H]2CN(CCCOc3ccc(Cl)cn3)C[C@@H]12. The van der Waals surface area contributed by atoms with Crippen LogP contribution < -0.4 is 14.8 Å². The van der Waals surface area contributed by atoms with Gasteiger partial charge in [-0.3, -0.25) is 4.79 Å². The van der Waals surface area contributed by atoms with Crippen molar-refractivity contribution in [2.75, 3.05) is 32.8 Å². The van der Waals surface area contributed by atoms with Crippen LogP contribution in [0.4, 0.5) is 0 Å². The summed E-state index contributed by atoms with van der Waals surface area (Å²) in [5.74, 6) is 2.27. The van der Waals surface area contributed by atoms with Crippen molar-refractivity contribution in [1.82, 2.24) is 15.2 Å². The highest BCUT2D eigenvalue weighted by Gasteiger charge is 2.56. The molecule has 3 atom stereocenters. The second-order valence-electron chi connectivity index (χ2n) is 7.44. The average molecular weight is 436 g/mol. The number of hydrogen-bond acceptors (Lipinski definition) is 5. The first-order valence-corrected chi connectivity index (χ1v) is 10.5. The van der Waals surface area contributed by atoms with Crippen molar-refractivity contribution < 1.29 is 14.3 Å². The fourth-order valence-electron chi connectivity index (χ4n) is 3.83. The van der Waals surface area contributed by atoms with E-state index in [9.17, 15) is 4.79 Å². The Hall–Kier alpha value is -2.02. The molecule has 1 unspecified atom stereocenters. The van der Waals surface area contributed by atoms with E-state index in [1.165, 1.54) is 0 Å². The van der Waals surface area contributed by atoms with E-state index < -0.39 is 0 Å². The lowest BCUT2D eigenvalue weighted by Crippen LogP contribution is -2.37. The van der Waals surface area contributed by atoms with Gasteiger partial charge >= 0.3 is 0 Å². The lowest BCUT2D eigenvalue weighted by Gasteiger charge is -2.19. The van der Waals surface area contributed by atoms with Crippen LogP contribution in [0.15, 0.2) is 42.6 Å². The third-order valence-electron chi connectivity index (χ3n) is 5.35. The van der Waals surface area contributed by atoms with Gasteiger partial charge in [0.05, 0.1) is 11.6 Å². The quantitative estimate of drug-likeness (QED) is 0.612. The van der Waals surface area contributed by atoms with Crippen LogP contribution in [0.3, 0.4) is 0 Å². The van der Waals surface area contributed by atoms with E-state index in [4.69, 9.17) is 32.7 Å². The summed E-state index contributed by atoms with van der Waals surface area (Å²) in [6.07, 6.45) is 2.52. The molecule has 1 aromatic carbocycles. The zero-order chi connectivity index (χ0) is 20.2. The maximum Gasteiger partial charge on any atom is 0.258 e. The molecule has 1 aromatic heterocycles.